The molecule has 1 N–H and O–H groups in total. The first kappa shape index (κ1) is 16.1. The summed E-state index contributed by atoms with van der Waals surface area (Å²) in [5, 5.41) is 3.46. The van der Waals surface area contributed by atoms with Gasteiger partial charge in [-0.2, -0.15) is 0 Å². The van der Waals surface area contributed by atoms with E-state index in [9.17, 15) is 0 Å². The fourth-order valence-corrected chi connectivity index (χ4v) is 2.04. The monoisotopic (exact) mass is 263 g/mol. The van der Waals surface area contributed by atoms with E-state index in [1.807, 2.05) is 12.3 Å². The quantitative estimate of drug-likeness (QED) is 0.658. The Morgan fingerprint density at radius 2 is 2.00 bits per heavy atom. The Morgan fingerprint density at radius 1 is 1.16 bits per heavy atom. The van der Waals surface area contributed by atoms with E-state index in [4.69, 9.17) is 0 Å². The number of rotatable bonds is 10. The molecule has 0 saturated carbocycles. The zero-order valence-corrected chi connectivity index (χ0v) is 12.7. The van der Waals surface area contributed by atoms with E-state index >= 15 is 0 Å². The van der Waals surface area contributed by atoms with Crippen molar-refractivity contribution in [3.05, 3.63) is 30.1 Å². The lowest BCUT2D eigenvalue weighted by Gasteiger charge is -2.16. The molecule has 0 spiro atoms. The molecule has 1 rings (SSSR count). The van der Waals surface area contributed by atoms with Crippen LogP contribution in [0, 0.1) is 0 Å². The number of aromatic nitrogens is 1. The molecule has 1 heterocycles. The molecule has 0 unspecified atom stereocenters. The largest absolute Gasteiger partial charge is 0.315 e. The van der Waals surface area contributed by atoms with Gasteiger partial charge in [0.1, 0.15) is 0 Å². The Labute approximate surface area is 118 Å². The Hall–Kier alpha value is -0.930. The number of hydrogen-bond donors (Lipinski definition) is 1. The highest BCUT2D eigenvalue weighted by molar-refractivity contribution is 5.03. The minimum atomic E-state index is 0.612. The molecule has 0 aliphatic rings. The van der Waals surface area contributed by atoms with E-state index in [1.165, 1.54) is 31.5 Å². The summed E-state index contributed by atoms with van der Waals surface area (Å²) in [6.07, 6.45) is 6.81. The smallest absolute Gasteiger partial charge is 0.0416 e. The molecule has 0 aliphatic heterocycles. The van der Waals surface area contributed by atoms with Gasteiger partial charge in [-0.05, 0) is 45.1 Å². The summed E-state index contributed by atoms with van der Waals surface area (Å²) in [5.74, 6) is 0. The minimum absolute atomic E-state index is 0.612. The molecule has 0 atom stereocenters. The summed E-state index contributed by atoms with van der Waals surface area (Å²) in [6.45, 7) is 7.84. The molecule has 3 heteroatoms. The van der Waals surface area contributed by atoms with Crippen LogP contribution >= 0.6 is 0 Å². The van der Waals surface area contributed by atoms with Gasteiger partial charge < -0.3 is 10.2 Å². The molecule has 108 valence electrons. The van der Waals surface area contributed by atoms with Crippen molar-refractivity contribution in [3.8, 4) is 0 Å². The zero-order chi connectivity index (χ0) is 13.9. The van der Waals surface area contributed by atoms with Gasteiger partial charge in [0.05, 0.1) is 0 Å². The fraction of sp³-hybridized carbons (Fsp3) is 0.688. The summed E-state index contributed by atoms with van der Waals surface area (Å²) in [6, 6.07) is 6.74. The van der Waals surface area contributed by atoms with Crippen LogP contribution in [0.2, 0.25) is 0 Å². The van der Waals surface area contributed by atoms with Crippen molar-refractivity contribution in [2.75, 3.05) is 26.7 Å². The van der Waals surface area contributed by atoms with Gasteiger partial charge >= 0.3 is 0 Å². The standard InChI is InChI=1S/C16H29N3/c1-15(2)17-11-6-4-8-13-19(3)14-10-16-9-5-7-12-18-16/h5,7,9,12,15,17H,4,6,8,10-11,13-14H2,1-3H3. The normalized spacial score (nSPS) is 11.4. The summed E-state index contributed by atoms with van der Waals surface area (Å²) in [4.78, 5) is 6.76. The Bertz CT molecular complexity index is 311. The highest BCUT2D eigenvalue weighted by Crippen LogP contribution is 2.00. The first-order valence-electron chi connectivity index (χ1n) is 7.50. The van der Waals surface area contributed by atoms with Gasteiger partial charge in [0.2, 0.25) is 0 Å². The fourth-order valence-electron chi connectivity index (χ4n) is 2.04. The highest BCUT2D eigenvalue weighted by atomic mass is 15.1. The maximum absolute atomic E-state index is 4.35. The van der Waals surface area contributed by atoms with Crippen molar-refractivity contribution in [1.82, 2.24) is 15.2 Å². The van der Waals surface area contributed by atoms with E-state index in [-0.39, 0.29) is 0 Å². The number of nitrogens with one attached hydrogen (secondary N) is 1. The van der Waals surface area contributed by atoms with Crippen molar-refractivity contribution in [2.45, 2.75) is 45.6 Å². The lowest BCUT2D eigenvalue weighted by Crippen LogP contribution is -2.24. The van der Waals surface area contributed by atoms with Crippen LogP contribution in [0.25, 0.3) is 0 Å². The van der Waals surface area contributed by atoms with Crippen molar-refractivity contribution in [2.24, 2.45) is 0 Å². The van der Waals surface area contributed by atoms with Crippen molar-refractivity contribution < 1.29 is 0 Å². The molecule has 0 aromatic carbocycles. The predicted molar refractivity (Wildman–Crippen MR) is 82.4 cm³/mol. The average Bonchev–Trinajstić information content (AvgIpc) is 2.41. The Kier molecular flexibility index (Phi) is 8.43. The number of nitrogens with zero attached hydrogens (tertiary/aromatic N) is 2. The van der Waals surface area contributed by atoms with Gasteiger partial charge in [-0.25, -0.2) is 0 Å². The summed E-state index contributed by atoms with van der Waals surface area (Å²) < 4.78 is 0. The molecule has 0 bridgehead atoms. The second-order valence-electron chi connectivity index (χ2n) is 5.54. The van der Waals surface area contributed by atoms with Crippen LogP contribution in [0.5, 0.6) is 0 Å². The van der Waals surface area contributed by atoms with Crippen LogP contribution in [0.15, 0.2) is 24.4 Å². The zero-order valence-electron chi connectivity index (χ0n) is 12.7. The summed E-state index contributed by atoms with van der Waals surface area (Å²) >= 11 is 0. The lowest BCUT2D eigenvalue weighted by atomic mass is 10.2. The molecular weight excluding hydrogens is 234 g/mol. The maximum atomic E-state index is 4.35. The third kappa shape index (κ3) is 8.73. The van der Waals surface area contributed by atoms with Crippen LogP contribution in [0.3, 0.4) is 0 Å². The van der Waals surface area contributed by atoms with E-state index in [0.717, 1.165) is 19.5 Å². The van der Waals surface area contributed by atoms with E-state index in [0.29, 0.717) is 6.04 Å². The van der Waals surface area contributed by atoms with Crippen LogP contribution in [-0.4, -0.2) is 42.6 Å². The van der Waals surface area contributed by atoms with Crippen LogP contribution in [0.4, 0.5) is 0 Å². The summed E-state index contributed by atoms with van der Waals surface area (Å²) in [7, 11) is 2.20. The molecule has 0 fully saturated rings. The molecule has 1 aromatic rings. The third-order valence-corrected chi connectivity index (χ3v) is 3.25. The molecule has 1 aromatic heterocycles. The van der Waals surface area contributed by atoms with E-state index in [2.05, 4.69) is 48.2 Å². The van der Waals surface area contributed by atoms with Gasteiger partial charge in [0.25, 0.3) is 0 Å². The SMILES string of the molecule is CC(C)NCCCCCN(C)CCc1ccccn1. The van der Waals surface area contributed by atoms with Gasteiger partial charge in [-0.3, -0.25) is 4.98 Å². The highest BCUT2D eigenvalue weighted by Gasteiger charge is 2.00. The third-order valence-electron chi connectivity index (χ3n) is 3.25. The van der Waals surface area contributed by atoms with Crippen molar-refractivity contribution >= 4 is 0 Å². The molecule has 3 nitrogen and oxygen atoms in total. The molecule has 0 saturated heterocycles. The number of hydrogen-bond acceptors (Lipinski definition) is 3. The summed E-state index contributed by atoms with van der Waals surface area (Å²) in [5.41, 5.74) is 1.19. The number of pyridine rings is 1. The second-order valence-corrected chi connectivity index (χ2v) is 5.54. The minimum Gasteiger partial charge on any atom is -0.315 e. The van der Waals surface area contributed by atoms with E-state index in [1.54, 1.807) is 0 Å². The Morgan fingerprint density at radius 3 is 2.68 bits per heavy atom. The molecular formula is C16H29N3. The van der Waals surface area contributed by atoms with Crippen molar-refractivity contribution in [1.29, 1.82) is 0 Å². The number of unbranched alkanes of at least 4 members (excludes halogenated alkanes) is 2. The second kappa shape index (κ2) is 9.93. The van der Waals surface area contributed by atoms with Gasteiger partial charge in [-0.15, -0.1) is 0 Å². The lowest BCUT2D eigenvalue weighted by molar-refractivity contribution is 0.326. The average molecular weight is 263 g/mol. The molecule has 0 aliphatic carbocycles. The van der Waals surface area contributed by atoms with Crippen molar-refractivity contribution in [3.63, 3.8) is 0 Å². The first-order chi connectivity index (χ1) is 9.18. The maximum Gasteiger partial charge on any atom is 0.0416 e. The molecule has 0 amide bonds. The topological polar surface area (TPSA) is 28.2 Å². The Balaban J connectivity index is 1.98. The van der Waals surface area contributed by atoms with Gasteiger partial charge in [-0.1, -0.05) is 26.3 Å². The predicted octanol–water partition coefficient (Wildman–Crippen LogP) is 2.72. The number of likely N-dealkylation sites (N-methyl/N-ethyl adjacent to an activating group) is 1. The van der Waals surface area contributed by atoms with Crippen LogP contribution in [-0.2, 0) is 6.42 Å². The van der Waals surface area contributed by atoms with Gasteiger partial charge in [0, 0.05) is 30.9 Å². The van der Waals surface area contributed by atoms with E-state index < -0.39 is 0 Å². The van der Waals surface area contributed by atoms with Gasteiger partial charge in [0.15, 0.2) is 0 Å². The first-order valence-corrected chi connectivity index (χ1v) is 7.50. The molecule has 19 heavy (non-hydrogen) atoms. The van der Waals surface area contributed by atoms with Crippen LogP contribution in [0.1, 0.15) is 38.8 Å². The molecule has 0 radical (unpaired) electrons. The van der Waals surface area contributed by atoms with Crippen LogP contribution < -0.4 is 5.32 Å².